The van der Waals surface area contributed by atoms with Crippen LogP contribution in [0, 0.1) is 6.07 Å². The summed E-state index contributed by atoms with van der Waals surface area (Å²) in [5.74, 6) is -0.149. The van der Waals surface area contributed by atoms with Gasteiger partial charge in [0, 0.05) is 12.1 Å². The number of carbonyl (C=O) groups is 1. The number of anilines is 1. The molecule has 1 radical (unpaired) electrons. The van der Waals surface area contributed by atoms with Crippen molar-refractivity contribution in [2.24, 2.45) is 0 Å². The van der Waals surface area contributed by atoms with Gasteiger partial charge in [-0.3, -0.25) is 9.18 Å². The second-order valence-corrected chi connectivity index (χ2v) is 2.63. The van der Waals surface area contributed by atoms with E-state index >= 15 is 0 Å². The SMILES string of the molecule is O=C(CCCF)Nc1cc[c]cc1. The second kappa shape index (κ2) is 5.30. The molecule has 0 saturated heterocycles. The highest BCUT2D eigenvalue weighted by atomic mass is 19.1. The van der Waals surface area contributed by atoms with Crippen LogP contribution in [0.5, 0.6) is 0 Å². The number of amides is 1. The molecular formula is C10H11FNO. The Bertz CT molecular complexity index is 261. The molecule has 1 rings (SSSR count). The summed E-state index contributed by atoms with van der Waals surface area (Å²) in [6.45, 7) is -0.448. The Hall–Kier alpha value is -1.38. The molecule has 13 heavy (non-hydrogen) atoms. The van der Waals surface area contributed by atoms with E-state index in [0.29, 0.717) is 0 Å². The number of benzene rings is 1. The van der Waals surface area contributed by atoms with Crippen LogP contribution < -0.4 is 5.32 Å². The Morgan fingerprint density at radius 2 is 2.15 bits per heavy atom. The van der Waals surface area contributed by atoms with Gasteiger partial charge >= 0.3 is 0 Å². The Kier molecular flexibility index (Phi) is 3.96. The summed E-state index contributed by atoms with van der Waals surface area (Å²) >= 11 is 0. The van der Waals surface area contributed by atoms with E-state index in [2.05, 4.69) is 11.4 Å². The second-order valence-electron chi connectivity index (χ2n) is 2.63. The van der Waals surface area contributed by atoms with Crippen LogP contribution in [0.3, 0.4) is 0 Å². The fraction of sp³-hybridized carbons (Fsp3) is 0.300. The molecule has 0 aliphatic heterocycles. The van der Waals surface area contributed by atoms with E-state index in [1.165, 1.54) is 0 Å². The summed E-state index contributed by atoms with van der Waals surface area (Å²) in [6, 6.07) is 9.75. The summed E-state index contributed by atoms with van der Waals surface area (Å²) in [6.07, 6.45) is 0.514. The first kappa shape index (κ1) is 9.71. The van der Waals surface area contributed by atoms with E-state index in [0.717, 1.165) is 5.69 Å². The van der Waals surface area contributed by atoms with Crippen molar-refractivity contribution in [3.8, 4) is 0 Å². The minimum absolute atomic E-state index is 0.149. The van der Waals surface area contributed by atoms with Crippen LogP contribution in [0.2, 0.25) is 0 Å². The van der Waals surface area contributed by atoms with Gasteiger partial charge in [-0.05, 0) is 24.6 Å². The Labute approximate surface area is 76.8 Å². The highest BCUT2D eigenvalue weighted by Gasteiger charge is 2.00. The van der Waals surface area contributed by atoms with E-state index in [1.807, 2.05) is 0 Å². The summed E-state index contributed by atoms with van der Waals surface area (Å²) in [5, 5.41) is 2.65. The fourth-order valence-corrected chi connectivity index (χ4v) is 0.921. The van der Waals surface area contributed by atoms with E-state index in [4.69, 9.17) is 0 Å². The number of hydrogen-bond donors (Lipinski definition) is 1. The summed E-state index contributed by atoms with van der Waals surface area (Å²) in [5.41, 5.74) is 0.725. The lowest BCUT2D eigenvalue weighted by Gasteiger charge is -2.02. The van der Waals surface area contributed by atoms with E-state index in [9.17, 15) is 9.18 Å². The van der Waals surface area contributed by atoms with Crippen LogP contribution in [-0.4, -0.2) is 12.6 Å². The van der Waals surface area contributed by atoms with Crippen molar-refractivity contribution in [2.75, 3.05) is 12.0 Å². The zero-order valence-electron chi connectivity index (χ0n) is 7.22. The lowest BCUT2D eigenvalue weighted by molar-refractivity contribution is -0.116. The maximum Gasteiger partial charge on any atom is 0.224 e. The van der Waals surface area contributed by atoms with Gasteiger partial charge in [0.25, 0.3) is 0 Å². The topological polar surface area (TPSA) is 29.1 Å². The summed E-state index contributed by atoms with van der Waals surface area (Å²) in [7, 11) is 0. The Morgan fingerprint density at radius 3 is 2.77 bits per heavy atom. The maximum atomic E-state index is 11.7. The normalized spacial score (nSPS) is 9.62. The molecule has 2 nitrogen and oxygen atoms in total. The van der Waals surface area contributed by atoms with Gasteiger partial charge < -0.3 is 5.32 Å². The molecule has 0 fully saturated rings. The van der Waals surface area contributed by atoms with Gasteiger partial charge in [-0.15, -0.1) is 0 Å². The van der Waals surface area contributed by atoms with Crippen molar-refractivity contribution in [1.29, 1.82) is 0 Å². The van der Waals surface area contributed by atoms with Crippen molar-refractivity contribution in [3.05, 3.63) is 30.3 Å². The molecule has 0 saturated carbocycles. The first-order valence-corrected chi connectivity index (χ1v) is 4.15. The first-order chi connectivity index (χ1) is 6.33. The monoisotopic (exact) mass is 180 g/mol. The lowest BCUT2D eigenvalue weighted by Crippen LogP contribution is -2.11. The van der Waals surface area contributed by atoms with Crippen LogP contribution in [0.15, 0.2) is 24.3 Å². The van der Waals surface area contributed by atoms with Gasteiger partial charge in [-0.25, -0.2) is 0 Å². The third-order valence-electron chi connectivity index (χ3n) is 1.54. The number of alkyl halides is 1. The summed E-state index contributed by atoms with van der Waals surface area (Å²) in [4.78, 5) is 11.1. The fourth-order valence-electron chi connectivity index (χ4n) is 0.921. The zero-order valence-corrected chi connectivity index (χ0v) is 7.22. The van der Waals surface area contributed by atoms with Gasteiger partial charge in [0.05, 0.1) is 6.67 Å². The van der Waals surface area contributed by atoms with E-state index in [1.54, 1.807) is 24.3 Å². The van der Waals surface area contributed by atoms with Crippen molar-refractivity contribution in [3.63, 3.8) is 0 Å². The van der Waals surface area contributed by atoms with Crippen LogP contribution in [-0.2, 0) is 4.79 Å². The number of carbonyl (C=O) groups excluding carboxylic acids is 1. The highest BCUT2D eigenvalue weighted by molar-refractivity contribution is 5.90. The number of rotatable bonds is 4. The minimum Gasteiger partial charge on any atom is -0.326 e. The molecule has 0 spiro atoms. The molecule has 3 heteroatoms. The molecule has 69 valence electrons. The average molecular weight is 180 g/mol. The summed E-state index contributed by atoms with van der Waals surface area (Å²) < 4.78 is 11.7. The van der Waals surface area contributed by atoms with Crippen LogP contribution in [0.25, 0.3) is 0 Å². The van der Waals surface area contributed by atoms with Crippen LogP contribution in [0.1, 0.15) is 12.8 Å². The molecule has 0 heterocycles. The van der Waals surface area contributed by atoms with Gasteiger partial charge in [-0.1, -0.05) is 12.1 Å². The Morgan fingerprint density at radius 1 is 1.46 bits per heavy atom. The van der Waals surface area contributed by atoms with Gasteiger partial charge in [-0.2, -0.15) is 0 Å². The van der Waals surface area contributed by atoms with Crippen LogP contribution in [0.4, 0.5) is 10.1 Å². The van der Waals surface area contributed by atoms with Crippen molar-refractivity contribution in [1.82, 2.24) is 0 Å². The molecule has 1 aromatic rings. The molecule has 0 unspecified atom stereocenters. The predicted octanol–water partition coefficient (Wildman–Crippen LogP) is 2.17. The molecule has 1 N–H and O–H groups in total. The van der Waals surface area contributed by atoms with Crippen molar-refractivity contribution >= 4 is 11.6 Å². The molecule has 0 aliphatic rings. The van der Waals surface area contributed by atoms with Gasteiger partial charge in [0.2, 0.25) is 5.91 Å². The third kappa shape index (κ3) is 3.69. The van der Waals surface area contributed by atoms with Crippen LogP contribution >= 0.6 is 0 Å². The molecule has 0 aromatic heterocycles. The number of halogens is 1. The van der Waals surface area contributed by atoms with Crippen molar-refractivity contribution in [2.45, 2.75) is 12.8 Å². The Balaban J connectivity index is 2.37. The first-order valence-electron chi connectivity index (χ1n) is 4.15. The highest BCUT2D eigenvalue weighted by Crippen LogP contribution is 2.05. The zero-order chi connectivity index (χ0) is 9.52. The predicted molar refractivity (Wildman–Crippen MR) is 49.1 cm³/mol. The van der Waals surface area contributed by atoms with Gasteiger partial charge in [0.1, 0.15) is 0 Å². The van der Waals surface area contributed by atoms with E-state index in [-0.39, 0.29) is 18.7 Å². The lowest BCUT2D eigenvalue weighted by atomic mass is 10.3. The molecule has 0 atom stereocenters. The minimum atomic E-state index is -0.448. The number of hydrogen-bond acceptors (Lipinski definition) is 1. The maximum absolute atomic E-state index is 11.7. The molecule has 1 amide bonds. The standard InChI is InChI=1S/C10H11FNO/c11-8-4-7-10(13)12-9-5-2-1-3-6-9/h2-3,5-6H,4,7-8H2,(H,12,13). The smallest absolute Gasteiger partial charge is 0.224 e. The quantitative estimate of drug-likeness (QED) is 0.755. The van der Waals surface area contributed by atoms with E-state index < -0.39 is 6.67 Å². The van der Waals surface area contributed by atoms with Crippen molar-refractivity contribution < 1.29 is 9.18 Å². The third-order valence-corrected chi connectivity index (χ3v) is 1.54. The molecule has 1 aromatic carbocycles. The molecular weight excluding hydrogens is 169 g/mol. The average Bonchev–Trinajstić information content (AvgIpc) is 2.16. The molecule has 0 bridgehead atoms. The largest absolute Gasteiger partial charge is 0.326 e. The molecule has 0 aliphatic carbocycles. The number of nitrogens with one attached hydrogen (secondary N) is 1. The van der Waals surface area contributed by atoms with Gasteiger partial charge in [0.15, 0.2) is 0 Å².